The van der Waals surface area contributed by atoms with Gasteiger partial charge in [0.1, 0.15) is 16.3 Å². The summed E-state index contributed by atoms with van der Waals surface area (Å²) >= 11 is 1.69. The molecule has 168 valence electrons. The number of thiophene rings is 1. The van der Waals surface area contributed by atoms with Crippen molar-refractivity contribution in [3.05, 3.63) is 60.1 Å². The third-order valence-corrected chi connectivity index (χ3v) is 7.42. The van der Waals surface area contributed by atoms with E-state index >= 15 is 0 Å². The predicted molar refractivity (Wildman–Crippen MR) is 134 cm³/mol. The van der Waals surface area contributed by atoms with Gasteiger partial charge in [-0.05, 0) is 30.5 Å². The lowest BCUT2D eigenvalue weighted by atomic mass is 10.1. The average Bonchev–Trinajstić information content (AvgIpc) is 3.55. The molecule has 0 unspecified atom stereocenters. The molecule has 5 heterocycles. The number of piperazine rings is 1. The Bertz CT molecular complexity index is 1220. The molecule has 2 saturated heterocycles. The Morgan fingerprint density at radius 3 is 2.58 bits per heavy atom. The van der Waals surface area contributed by atoms with Crippen LogP contribution in [0.3, 0.4) is 0 Å². The number of fused-ring (bicyclic) bond motifs is 1. The Hall–Kier alpha value is -2.87. The van der Waals surface area contributed by atoms with Gasteiger partial charge in [0, 0.05) is 56.5 Å². The maximum atomic E-state index is 5.86. The van der Waals surface area contributed by atoms with Gasteiger partial charge < -0.3 is 9.64 Å². The van der Waals surface area contributed by atoms with Crippen molar-refractivity contribution in [1.82, 2.24) is 19.9 Å². The van der Waals surface area contributed by atoms with Crippen LogP contribution in [-0.2, 0) is 4.74 Å². The highest BCUT2D eigenvalue weighted by Crippen LogP contribution is 2.39. The van der Waals surface area contributed by atoms with Crippen LogP contribution in [0.15, 0.2) is 60.1 Å². The van der Waals surface area contributed by atoms with Gasteiger partial charge in [0.2, 0.25) is 0 Å². The van der Waals surface area contributed by atoms with Crippen molar-refractivity contribution in [3.63, 3.8) is 0 Å². The van der Waals surface area contributed by atoms with Gasteiger partial charge in [0.15, 0.2) is 5.82 Å². The van der Waals surface area contributed by atoms with E-state index in [1.165, 1.54) is 24.0 Å². The molecule has 1 atom stereocenters. The monoisotopic (exact) mass is 457 g/mol. The maximum Gasteiger partial charge on any atom is 0.181 e. The molecule has 1 aromatic carbocycles. The zero-order valence-electron chi connectivity index (χ0n) is 18.6. The molecule has 0 spiro atoms. The molecule has 0 bridgehead atoms. The molecule has 6 rings (SSSR count). The van der Waals surface area contributed by atoms with Crippen LogP contribution in [0.1, 0.15) is 12.8 Å². The lowest BCUT2D eigenvalue weighted by Crippen LogP contribution is -2.48. The number of hydrogen-bond acceptors (Lipinski definition) is 7. The number of aromatic nitrogens is 3. The van der Waals surface area contributed by atoms with E-state index in [0.717, 1.165) is 61.1 Å². The van der Waals surface area contributed by atoms with Crippen LogP contribution in [0.5, 0.6) is 0 Å². The quantitative estimate of drug-likeness (QED) is 0.432. The lowest BCUT2D eigenvalue weighted by Gasteiger charge is -2.36. The number of pyridine rings is 1. The van der Waals surface area contributed by atoms with Crippen LogP contribution < -0.4 is 4.90 Å². The molecule has 3 aromatic heterocycles. The Morgan fingerprint density at radius 2 is 1.82 bits per heavy atom. The third kappa shape index (κ3) is 4.24. The molecular formula is C26H27N5OS. The van der Waals surface area contributed by atoms with Crippen LogP contribution in [0.2, 0.25) is 0 Å². The molecule has 2 fully saturated rings. The van der Waals surface area contributed by atoms with Crippen molar-refractivity contribution < 1.29 is 4.74 Å². The maximum absolute atomic E-state index is 5.86. The second-order valence-corrected chi connectivity index (χ2v) is 9.56. The first kappa shape index (κ1) is 20.7. The van der Waals surface area contributed by atoms with Gasteiger partial charge in [-0.15, -0.1) is 11.3 Å². The summed E-state index contributed by atoms with van der Waals surface area (Å²) in [6, 6.07) is 16.5. The van der Waals surface area contributed by atoms with E-state index in [2.05, 4.69) is 50.5 Å². The molecule has 4 aromatic rings. The van der Waals surface area contributed by atoms with Crippen LogP contribution in [0, 0.1) is 0 Å². The van der Waals surface area contributed by atoms with Crippen LogP contribution in [0.25, 0.3) is 32.9 Å². The zero-order valence-corrected chi connectivity index (χ0v) is 19.4. The van der Waals surface area contributed by atoms with Gasteiger partial charge in [-0.1, -0.05) is 36.4 Å². The molecule has 0 amide bonds. The highest BCUT2D eigenvalue weighted by atomic mass is 32.1. The number of benzene rings is 1. The molecule has 0 aliphatic carbocycles. The van der Waals surface area contributed by atoms with Crippen LogP contribution in [-0.4, -0.2) is 65.3 Å². The standard InChI is InChI=1S/C26H27N5OS/c1-2-7-19(8-3-1)21-18-33-26-23(21)25(28-24(29-26)22-10-4-5-11-27-22)31-14-12-30(13-15-31)17-20-9-6-16-32-20/h1-5,7-8,10-11,18,20H,6,9,12-17H2/t20-/m0/s1. The largest absolute Gasteiger partial charge is 0.377 e. The number of nitrogens with zero attached hydrogens (tertiary/aromatic N) is 5. The predicted octanol–water partition coefficient (Wildman–Crippen LogP) is 4.72. The summed E-state index contributed by atoms with van der Waals surface area (Å²) in [6.45, 7) is 5.90. The summed E-state index contributed by atoms with van der Waals surface area (Å²) in [6.07, 6.45) is 4.59. The second kappa shape index (κ2) is 9.17. The minimum absolute atomic E-state index is 0.402. The number of rotatable bonds is 5. The van der Waals surface area contributed by atoms with Crippen molar-refractivity contribution in [2.45, 2.75) is 18.9 Å². The highest BCUT2D eigenvalue weighted by molar-refractivity contribution is 7.17. The Labute approximate surface area is 197 Å². The average molecular weight is 458 g/mol. The van der Waals surface area contributed by atoms with E-state index in [0.29, 0.717) is 11.9 Å². The molecular weight excluding hydrogens is 430 g/mol. The number of hydrogen-bond donors (Lipinski definition) is 0. The Kier molecular flexibility index (Phi) is 5.76. The fraction of sp³-hybridized carbons (Fsp3) is 0.346. The summed E-state index contributed by atoms with van der Waals surface area (Å²) in [5.74, 6) is 1.72. The van der Waals surface area contributed by atoms with Crippen molar-refractivity contribution in [2.75, 3.05) is 44.2 Å². The Balaban J connectivity index is 1.36. The number of ether oxygens (including phenoxy) is 1. The minimum atomic E-state index is 0.402. The molecule has 2 aliphatic heterocycles. The summed E-state index contributed by atoms with van der Waals surface area (Å²) in [4.78, 5) is 20.5. The van der Waals surface area contributed by atoms with E-state index in [-0.39, 0.29) is 0 Å². The molecule has 2 aliphatic rings. The molecule has 0 radical (unpaired) electrons. The fourth-order valence-electron chi connectivity index (χ4n) is 4.81. The van der Waals surface area contributed by atoms with Gasteiger partial charge in [0.05, 0.1) is 11.5 Å². The van der Waals surface area contributed by atoms with Gasteiger partial charge >= 0.3 is 0 Å². The van der Waals surface area contributed by atoms with Gasteiger partial charge in [-0.3, -0.25) is 9.88 Å². The van der Waals surface area contributed by atoms with E-state index in [1.54, 1.807) is 17.5 Å². The highest BCUT2D eigenvalue weighted by Gasteiger charge is 2.26. The van der Waals surface area contributed by atoms with Crippen molar-refractivity contribution in [3.8, 4) is 22.6 Å². The zero-order chi connectivity index (χ0) is 22.0. The molecule has 0 N–H and O–H groups in total. The van der Waals surface area contributed by atoms with Crippen LogP contribution in [0.4, 0.5) is 5.82 Å². The smallest absolute Gasteiger partial charge is 0.181 e. The molecule has 7 heteroatoms. The van der Waals surface area contributed by atoms with Gasteiger partial charge in [0.25, 0.3) is 0 Å². The summed E-state index contributed by atoms with van der Waals surface area (Å²) < 4.78 is 5.86. The first-order valence-corrected chi connectivity index (χ1v) is 12.6. The van der Waals surface area contributed by atoms with Gasteiger partial charge in [-0.25, -0.2) is 9.97 Å². The first-order valence-electron chi connectivity index (χ1n) is 11.7. The summed E-state index contributed by atoms with van der Waals surface area (Å²) in [7, 11) is 0. The van der Waals surface area contributed by atoms with Crippen molar-refractivity contribution >= 4 is 27.4 Å². The summed E-state index contributed by atoms with van der Waals surface area (Å²) in [5, 5.41) is 3.37. The lowest BCUT2D eigenvalue weighted by molar-refractivity contribution is 0.0712. The van der Waals surface area contributed by atoms with E-state index in [4.69, 9.17) is 14.7 Å². The van der Waals surface area contributed by atoms with E-state index in [1.807, 2.05) is 18.2 Å². The molecule has 33 heavy (non-hydrogen) atoms. The number of anilines is 1. The SMILES string of the molecule is c1ccc(-c2csc3nc(-c4ccccn4)nc(N4CCN(C[C@@H]5CCCO5)CC4)c23)cc1. The van der Waals surface area contributed by atoms with Crippen LogP contribution >= 0.6 is 11.3 Å². The second-order valence-electron chi connectivity index (χ2n) is 8.70. The van der Waals surface area contributed by atoms with Gasteiger partial charge in [-0.2, -0.15) is 0 Å². The van der Waals surface area contributed by atoms with E-state index < -0.39 is 0 Å². The minimum Gasteiger partial charge on any atom is -0.377 e. The van der Waals surface area contributed by atoms with Crippen molar-refractivity contribution in [1.29, 1.82) is 0 Å². The normalized spacial score (nSPS) is 19.4. The molecule has 0 saturated carbocycles. The Morgan fingerprint density at radius 1 is 0.970 bits per heavy atom. The summed E-state index contributed by atoms with van der Waals surface area (Å²) in [5.41, 5.74) is 3.23. The first-order chi connectivity index (χ1) is 16.3. The topological polar surface area (TPSA) is 54.4 Å². The molecule has 6 nitrogen and oxygen atoms in total. The van der Waals surface area contributed by atoms with E-state index in [9.17, 15) is 0 Å². The third-order valence-electron chi connectivity index (χ3n) is 6.55. The van der Waals surface area contributed by atoms with Crippen molar-refractivity contribution in [2.24, 2.45) is 0 Å². The fourth-order valence-corrected chi connectivity index (χ4v) is 5.75.